The van der Waals surface area contributed by atoms with Crippen LogP contribution >= 0.6 is 0 Å². The van der Waals surface area contributed by atoms with Gasteiger partial charge in [-0.1, -0.05) is 0 Å². The van der Waals surface area contributed by atoms with E-state index in [1.165, 1.54) is 13.2 Å². The van der Waals surface area contributed by atoms with Gasteiger partial charge in [0.15, 0.2) is 0 Å². The molecule has 1 N–H and O–H groups in total. The summed E-state index contributed by atoms with van der Waals surface area (Å²) in [6.07, 6.45) is 3.63. The van der Waals surface area contributed by atoms with Crippen molar-refractivity contribution in [1.82, 2.24) is 9.78 Å². The lowest BCUT2D eigenvalue weighted by atomic mass is 10.2. The molecule has 2 aromatic rings. The van der Waals surface area contributed by atoms with Gasteiger partial charge in [0, 0.05) is 31.4 Å². The average Bonchev–Trinajstić information content (AvgIpc) is 2.73. The third kappa shape index (κ3) is 2.75. The molecule has 0 aliphatic carbocycles. The molecular formula is C12H14FN3O. The van der Waals surface area contributed by atoms with E-state index >= 15 is 0 Å². The highest BCUT2D eigenvalue weighted by atomic mass is 19.1. The number of ether oxygens (including phenoxy) is 1. The van der Waals surface area contributed by atoms with Gasteiger partial charge in [-0.25, -0.2) is 4.39 Å². The number of halogens is 1. The maximum Gasteiger partial charge on any atom is 0.149 e. The SMILES string of the molecule is COc1ccc(NCc2cnn(C)c2)c(F)c1. The molecule has 1 heterocycles. The highest BCUT2D eigenvalue weighted by Gasteiger charge is 2.04. The second kappa shape index (κ2) is 4.86. The van der Waals surface area contributed by atoms with Crippen LogP contribution in [-0.4, -0.2) is 16.9 Å². The van der Waals surface area contributed by atoms with Crippen LogP contribution in [0.5, 0.6) is 5.75 Å². The Kier molecular flexibility index (Phi) is 3.27. The van der Waals surface area contributed by atoms with Crippen LogP contribution in [0.2, 0.25) is 0 Å². The van der Waals surface area contributed by atoms with Gasteiger partial charge < -0.3 is 10.1 Å². The smallest absolute Gasteiger partial charge is 0.149 e. The van der Waals surface area contributed by atoms with E-state index < -0.39 is 0 Å². The van der Waals surface area contributed by atoms with Crippen molar-refractivity contribution in [2.75, 3.05) is 12.4 Å². The first-order valence-corrected chi connectivity index (χ1v) is 5.24. The summed E-state index contributed by atoms with van der Waals surface area (Å²) >= 11 is 0. The number of methoxy groups -OCH3 is 1. The minimum atomic E-state index is -0.326. The zero-order valence-corrected chi connectivity index (χ0v) is 9.77. The van der Waals surface area contributed by atoms with Crippen molar-refractivity contribution in [2.24, 2.45) is 7.05 Å². The molecule has 0 unspecified atom stereocenters. The van der Waals surface area contributed by atoms with Gasteiger partial charge in [-0.05, 0) is 12.1 Å². The number of hydrogen-bond acceptors (Lipinski definition) is 3. The van der Waals surface area contributed by atoms with Crippen LogP contribution in [0.15, 0.2) is 30.6 Å². The number of nitrogens with zero attached hydrogens (tertiary/aromatic N) is 2. The summed E-state index contributed by atoms with van der Waals surface area (Å²) in [5.74, 6) is 0.183. The lowest BCUT2D eigenvalue weighted by Crippen LogP contribution is -2.00. The zero-order chi connectivity index (χ0) is 12.3. The lowest BCUT2D eigenvalue weighted by molar-refractivity contribution is 0.411. The average molecular weight is 235 g/mol. The summed E-state index contributed by atoms with van der Waals surface area (Å²) < 4.78 is 20.2. The lowest BCUT2D eigenvalue weighted by Gasteiger charge is -2.07. The van der Waals surface area contributed by atoms with Crippen molar-refractivity contribution in [3.05, 3.63) is 42.0 Å². The monoisotopic (exact) mass is 235 g/mol. The molecular weight excluding hydrogens is 221 g/mol. The molecule has 0 fully saturated rings. The predicted molar refractivity (Wildman–Crippen MR) is 63.5 cm³/mol. The van der Waals surface area contributed by atoms with E-state index in [1.54, 1.807) is 23.0 Å². The molecule has 0 atom stereocenters. The number of hydrogen-bond donors (Lipinski definition) is 1. The van der Waals surface area contributed by atoms with E-state index in [9.17, 15) is 4.39 Å². The Hall–Kier alpha value is -2.04. The molecule has 1 aromatic carbocycles. The van der Waals surface area contributed by atoms with E-state index in [0.29, 0.717) is 18.0 Å². The standard InChI is InChI=1S/C12H14FN3O/c1-16-8-9(7-15-16)6-14-12-4-3-10(17-2)5-11(12)13/h3-5,7-8,14H,6H2,1-2H3. The molecule has 1 aromatic heterocycles. The van der Waals surface area contributed by atoms with Gasteiger partial charge in [0.25, 0.3) is 0 Å². The molecule has 5 heteroatoms. The number of anilines is 1. The number of rotatable bonds is 4. The Morgan fingerprint density at radius 1 is 1.47 bits per heavy atom. The third-order valence-electron chi connectivity index (χ3n) is 2.42. The van der Waals surface area contributed by atoms with Crippen molar-refractivity contribution in [1.29, 1.82) is 0 Å². The number of aromatic nitrogens is 2. The van der Waals surface area contributed by atoms with Crippen LogP contribution in [-0.2, 0) is 13.6 Å². The first kappa shape index (κ1) is 11.4. The Balaban J connectivity index is 2.04. The molecule has 17 heavy (non-hydrogen) atoms. The van der Waals surface area contributed by atoms with Gasteiger partial charge in [0.1, 0.15) is 11.6 Å². The van der Waals surface area contributed by atoms with E-state index in [-0.39, 0.29) is 5.82 Å². The predicted octanol–water partition coefficient (Wildman–Crippen LogP) is 2.18. The summed E-state index contributed by atoms with van der Waals surface area (Å²) in [5, 5.41) is 7.05. The fraction of sp³-hybridized carbons (Fsp3) is 0.250. The summed E-state index contributed by atoms with van der Waals surface area (Å²) in [5.41, 5.74) is 1.46. The summed E-state index contributed by atoms with van der Waals surface area (Å²) in [4.78, 5) is 0. The van der Waals surface area contributed by atoms with E-state index in [4.69, 9.17) is 4.74 Å². The van der Waals surface area contributed by atoms with Gasteiger partial charge in [-0.15, -0.1) is 0 Å². The zero-order valence-electron chi connectivity index (χ0n) is 9.77. The molecule has 0 aliphatic rings. The maximum absolute atomic E-state index is 13.6. The highest BCUT2D eigenvalue weighted by molar-refractivity contribution is 5.48. The highest BCUT2D eigenvalue weighted by Crippen LogP contribution is 2.20. The maximum atomic E-state index is 13.6. The molecule has 0 amide bonds. The Morgan fingerprint density at radius 2 is 2.29 bits per heavy atom. The van der Waals surface area contributed by atoms with Crippen LogP contribution in [0.4, 0.5) is 10.1 Å². The van der Waals surface area contributed by atoms with E-state index in [1.807, 2.05) is 13.2 Å². The topological polar surface area (TPSA) is 39.1 Å². The van der Waals surface area contributed by atoms with Gasteiger partial charge >= 0.3 is 0 Å². The van der Waals surface area contributed by atoms with Crippen LogP contribution in [0.3, 0.4) is 0 Å². The second-order valence-corrected chi connectivity index (χ2v) is 3.72. The number of nitrogens with one attached hydrogen (secondary N) is 1. The Labute approximate surface area is 99.0 Å². The fourth-order valence-corrected chi connectivity index (χ4v) is 1.53. The Bertz CT molecular complexity index is 510. The van der Waals surface area contributed by atoms with Crippen molar-refractivity contribution in [3.63, 3.8) is 0 Å². The molecule has 0 aliphatic heterocycles. The summed E-state index contributed by atoms with van der Waals surface area (Å²) in [6, 6.07) is 4.73. The van der Waals surface area contributed by atoms with Crippen LogP contribution in [0, 0.1) is 5.82 Å². The molecule has 90 valence electrons. The van der Waals surface area contributed by atoms with Crippen molar-refractivity contribution in [3.8, 4) is 5.75 Å². The van der Waals surface area contributed by atoms with Gasteiger partial charge in [-0.2, -0.15) is 5.10 Å². The fourth-order valence-electron chi connectivity index (χ4n) is 1.53. The molecule has 0 radical (unpaired) electrons. The second-order valence-electron chi connectivity index (χ2n) is 3.72. The molecule has 4 nitrogen and oxygen atoms in total. The van der Waals surface area contributed by atoms with Gasteiger partial charge in [-0.3, -0.25) is 4.68 Å². The van der Waals surface area contributed by atoms with Crippen LogP contribution < -0.4 is 10.1 Å². The van der Waals surface area contributed by atoms with Gasteiger partial charge in [0.05, 0.1) is 19.0 Å². The number of benzene rings is 1. The van der Waals surface area contributed by atoms with Gasteiger partial charge in [0.2, 0.25) is 0 Å². The molecule has 0 bridgehead atoms. The summed E-state index contributed by atoms with van der Waals surface area (Å²) in [7, 11) is 3.36. The molecule has 0 saturated carbocycles. The van der Waals surface area contributed by atoms with Crippen LogP contribution in [0.1, 0.15) is 5.56 Å². The molecule has 0 spiro atoms. The molecule has 0 saturated heterocycles. The van der Waals surface area contributed by atoms with Crippen molar-refractivity contribution < 1.29 is 9.13 Å². The van der Waals surface area contributed by atoms with Crippen LogP contribution in [0.25, 0.3) is 0 Å². The third-order valence-corrected chi connectivity index (χ3v) is 2.42. The Morgan fingerprint density at radius 3 is 2.88 bits per heavy atom. The van der Waals surface area contributed by atoms with E-state index in [0.717, 1.165) is 5.56 Å². The van der Waals surface area contributed by atoms with Crippen molar-refractivity contribution >= 4 is 5.69 Å². The minimum absolute atomic E-state index is 0.326. The first-order chi connectivity index (χ1) is 8.19. The minimum Gasteiger partial charge on any atom is -0.497 e. The normalized spacial score (nSPS) is 10.3. The van der Waals surface area contributed by atoms with E-state index in [2.05, 4.69) is 10.4 Å². The quantitative estimate of drug-likeness (QED) is 0.882. The number of aryl methyl sites for hydroxylation is 1. The van der Waals surface area contributed by atoms with Crippen molar-refractivity contribution in [2.45, 2.75) is 6.54 Å². The largest absolute Gasteiger partial charge is 0.497 e. The molecule has 2 rings (SSSR count). The first-order valence-electron chi connectivity index (χ1n) is 5.24. The summed E-state index contributed by atoms with van der Waals surface area (Å²) in [6.45, 7) is 0.539.